The normalized spacial score (nSPS) is 15.8. The number of ether oxygens (including phenoxy) is 2. The maximum absolute atomic E-state index is 12.7. The summed E-state index contributed by atoms with van der Waals surface area (Å²) in [6.07, 6.45) is 5.54. The number of piperidine rings is 1. The van der Waals surface area contributed by atoms with Crippen molar-refractivity contribution in [3.63, 3.8) is 0 Å². The Morgan fingerprint density at radius 3 is 2.79 bits per heavy atom. The Morgan fingerprint density at radius 1 is 1.05 bits per heavy atom. The van der Waals surface area contributed by atoms with Gasteiger partial charge in [0.25, 0.3) is 0 Å². The standard InChI is InChI=1S/C27H26F2N8O2/c1-16-10-17(5-8-23(16)38-18-6-7-22-20(11-18)33-15-36(22)2)34-25-24-21(31-14-32-25)12-30-27(35-24)37-9-3-4-19(13-37)39-26(28)29/h5-8,10-12,14-15,19,26H,3-4,9,13H2,1-2H3,(H,31,32,34). The lowest BCUT2D eigenvalue weighted by Crippen LogP contribution is -2.41. The van der Waals surface area contributed by atoms with E-state index in [1.165, 1.54) is 6.33 Å². The summed E-state index contributed by atoms with van der Waals surface area (Å²) in [6.45, 7) is 0.104. The minimum atomic E-state index is -2.80. The number of fused-ring (bicyclic) bond motifs is 2. The van der Waals surface area contributed by atoms with Gasteiger partial charge in [-0.15, -0.1) is 0 Å². The molecule has 0 amide bonds. The molecule has 5 aromatic rings. The Kier molecular flexibility index (Phi) is 6.61. The van der Waals surface area contributed by atoms with Crippen LogP contribution in [-0.4, -0.2) is 55.3 Å². The van der Waals surface area contributed by atoms with E-state index in [9.17, 15) is 8.78 Å². The molecule has 1 N–H and O–H groups in total. The molecule has 4 heterocycles. The number of rotatable bonds is 7. The van der Waals surface area contributed by atoms with Gasteiger partial charge in [0, 0.05) is 31.9 Å². The number of aryl methyl sites for hydroxylation is 2. The fourth-order valence-electron chi connectivity index (χ4n) is 4.75. The van der Waals surface area contributed by atoms with E-state index < -0.39 is 12.7 Å². The van der Waals surface area contributed by atoms with E-state index in [1.54, 1.807) is 12.5 Å². The predicted molar refractivity (Wildman–Crippen MR) is 143 cm³/mol. The minimum Gasteiger partial charge on any atom is -0.457 e. The number of alkyl halides is 2. The van der Waals surface area contributed by atoms with Gasteiger partial charge in [-0.25, -0.2) is 24.9 Å². The molecule has 0 aliphatic carbocycles. The first-order valence-corrected chi connectivity index (χ1v) is 12.6. The van der Waals surface area contributed by atoms with Gasteiger partial charge in [-0.05, 0) is 55.7 Å². The fourth-order valence-corrected chi connectivity index (χ4v) is 4.75. The Labute approximate surface area is 222 Å². The third kappa shape index (κ3) is 5.28. The molecule has 1 fully saturated rings. The smallest absolute Gasteiger partial charge is 0.345 e. The molecule has 1 unspecified atom stereocenters. The van der Waals surface area contributed by atoms with Gasteiger partial charge in [0.1, 0.15) is 28.9 Å². The minimum absolute atomic E-state index is 0.292. The molecule has 0 radical (unpaired) electrons. The van der Waals surface area contributed by atoms with Crippen LogP contribution in [-0.2, 0) is 11.8 Å². The molecule has 2 aromatic carbocycles. The Hall–Kier alpha value is -4.45. The molecule has 0 spiro atoms. The summed E-state index contributed by atoms with van der Waals surface area (Å²) in [6, 6.07) is 11.6. The zero-order valence-electron chi connectivity index (χ0n) is 21.4. The molecule has 39 heavy (non-hydrogen) atoms. The average Bonchev–Trinajstić information content (AvgIpc) is 3.30. The highest BCUT2D eigenvalue weighted by Gasteiger charge is 2.25. The second kappa shape index (κ2) is 10.4. The van der Waals surface area contributed by atoms with E-state index in [0.717, 1.165) is 28.0 Å². The van der Waals surface area contributed by atoms with Crippen molar-refractivity contribution >= 4 is 39.5 Å². The van der Waals surface area contributed by atoms with Crippen LogP contribution in [0.1, 0.15) is 18.4 Å². The van der Waals surface area contributed by atoms with Crippen LogP contribution in [0.15, 0.2) is 55.2 Å². The largest absolute Gasteiger partial charge is 0.457 e. The maximum Gasteiger partial charge on any atom is 0.345 e. The predicted octanol–water partition coefficient (Wildman–Crippen LogP) is 5.36. The third-order valence-corrected chi connectivity index (χ3v) is 6.68. The number of hydrogen-bond donors (Lipinski definition) is 1. The second-order valence-electron chi connectivity index (χ2n) is 9.45. The van der Waals surface area contributed by atoms with Gasteiger partial charge in [-0.1, -0.05) is 0 Å². The van der Waals surface area contributed by atoms with E-state index in [0.29, 0.717) is 54.5 Å². The number of imidazole rings is 1. The van der Waals surface area contributed by atoms with Crippen LogP contribution in [0, 0.1) is 6.92 Å². The molecule has 200 valence electrons. The highest BCUT2D eigenvalue weighted by Crippen LogP contribution is 2.31. The Bertz CT molecular complexity index is 1640. The molecule has 3 aromatic heterocycles. The first-order valence-electron chi connectivity index (χ1n) is 12.6. The second-order valence-corrected chi connectivity index (χ2v) is 9.45. The quantitative estimate of drug-likeness (QED) is 0.297. The van der Waals surface area contributed by atoms with Gasteiger partial charge in [-0.3, -0.25) is 0 Å². The van der Waals surface area contributed by atoms with Crippen LogP contribution in [0.2, 0.25) is 0 Å². The molecule has 0 saturated carbocycles. The number of benzene rings is 2. The number of aromatic nitrogens is 6. The number of hydrogen-bond acceptors (Lipinski definition) is 9. The van der Waals surface area contributed by atoms with Crippen LogP contribution in [0.25, 0.3) is 22.1 Å². The van der Waals surface area contributed by atoms with Crippen molar-refractivity contribution in [1.29, 1.82) is 0 Å². The molecule has 6 rings (SSSR count). The molecular formula is C27H26F2N8O2. The van der Waals surface area contributed by atoms with Gasteiger partial charge in [0.2, 0.25) is 5.95 Å². The van der Waals surface area contributed by atoms with Crippen molar-refractivity contribution in [3.8, 4) is 11.5 Å². The average molecular weight is 533 g/mol. The number of halogens is 2. The number of anilines is 3. The van der Waals surface area contributed by atoms with Crippen LogP contribution < -0.4 is 15.0 Å². The molecule has 10 nitrogen and oxygen atoms in total. The SMILES string of the molecule is Cc1cc(Nc2ncnc3cnc(N4CCCC(OC(F)F)C4)nc23)ccc1Oc1ccc2c(c1)ncn2C. The maximum atomic E-state index is 12.7. The van der Waals surface area contributed by atoms with Crippen molar-refractivity contribution in [2.24, 2.45) is 7.05 Å². The molecule has 1 aliphatic heterocycles. The highest BCUT2D eigenvalue weighted by molar-refractivity contribution is 5.87. The van der Waals surface area contributed by atoms with Crippen LogP contribution in [0.5, 0.6) is 11.5 Å². The molecular weight excluding hydrogens is 506 g/mol. The summed E-state index contributed by atoms with van der Waals surface area (Å²) in [7, 11) is 1.95. The first kappa shape index (κ1) is 24.9. The molecule has 1 saturated heterocycles. The summed E-state index contributed by atoms with van der Waals surface area (Å²) < 4.78 is 38.3. The van der Waals surface area contributed by atoms with E-state index >= 15 is 0 Å². The molecule has 12 heteroatoms. The van der Waals surface area contributed by atoms with Crippen molar-refractivity contribution in [1.82, 2.24) is 29.5 Å². The lowest BCUT2D eigenvalue weighted by Gasteiger charge is -2.32. The molecule has 1 atom stereocenters. The van der Waals surface area contributed by atoms with E-state index in [-0.39, 0.29) is 0 Å². The Balaban J connectivity index is 1.22. The topological polar surface area (TPSA) is 103 Å². The van der Waals surface area contributed by atoms with Gasteiger partial charge in [0.15, 0.2) is 5.82 Å². The lowest BCUT2D eigenvalue weighted by atomic mass is 10.1. The zero-order chi connectivity index (χ0) is 26.9. The summed E-state index contributed by atoms with van der Waals surface area (Å²) in [5, 5.41) is 3.32. The number of nitrogens with zero attached hydrogens (tertiary/aromatic N) is 7. The fraction of sp³-hybridized carbons (Fsp3) is 0.296. The lowest BCUT2D eigenvalue weighted by molar-refractivity contribution is -0.163. The summed E-state index contributed by atoms with van der Waals surface area (Å²) >= 11 is 0. The van der Waals surface area contributed by atoms with E-state index in [2.05, 4.69) is 30.2 Å². The van der Waals surface area contributed by atoms with E-state index in [4.69, 9.17) is 9.47 Å². The molecule has 0 bridgehead atoms. The van der Waals surface area contributed by atoms with Gasteiger partial charge in [0.05, 0.1) is 29.7 Å². The number of nitrogens with one attached hydrogen (secondary N) is 1. The van der Waals surface area contributed by atoms with Crippen molar-refractivity contribution in [2.45, 2.75) is 32.5 Å². The highest BCUT2D eigenvalue weighted by atomic mass is 19.3. The third-order valence-electron chi connectivity index (χ3n) is 6.68. The van der Waals surface area contributed by atoms with E-state index in [1.807, 2.05) is 59.8 Å². The summed E-state index contributed by atoms with van der Waals surface area (Å²) in [4.78, 5) is 24.0. The first-order chi connectivity index (χ1) is 18.9. The Morgan fingerprint density at radius 2 is 1.95 bits per heavy atom. The van der Waals surface area contributed by atoms with Crippen molar-refractivity contribution < 1.29 is 18.3 Å². The van der Waals surface area contributed by atoms with Crippen LogP contribution in [0.3, 0.4) is 0 Å². The van der Waals surface area contributed by atoms with Gasteiger partial charge in [-0.2, -0.15) is 8.78 Å². The monoisotopic (exact) mass is 532 g/mol. The van der Waals surface area contributed by atoms with Gasteiger partial charge < -0.3 is 24.3 Å². The summed E-state index contributed by atoms with van der Waals surface area (Å²) in [5.74, 6) is 2.36. The van der Waals surface area contributed by atoms with Crippen molar-refractivity contribution in [2.75, 3.05) is 23.3 Å². The van der Waals surface area contributed by atoms with Crippen LogP contribution in [0.4, 0.5) is 26.2 Å². The summed E-state index contributed by atoms with van der Waals surface area (Å²) in [5.41, 5.74) is 4.71. The van der Waals surface area contributed by atoms with Crippen LogP contribution >= 0.6 is 0 Å². The van der Waals surface area contributed by atoms with Crippen molar-refractivity contribution in [3.05, 3.63) is 60.8 Å². The van der Waals surface area contributed by atoms with Gasteiger partial charge >= 0.3 is 6.61 Å². The molecule has 1 aliphatic rings. The zero-order valence-corrected chi connectivity index (χ0v) is 21.4.